The van der Waals surface area contributed by atoms with Crippen LogP contribution in [-0.4, -0.2) is 37.0 Å². The maximum Gasteiger partial charge on any atom is 0.306 e. The summed E-state index contributed by atoms with van der Waals surface area (Å²) in [6.45, 7) is 5.34. The highest BCUT2D eigenvalue weighted by atomic mass is 16.6. The van der Waals surface area contributed by atoms with Gasteiger partial charge in [0, 0.05) is 13.0 Å². The van der Waals surface area contributed by atoms with Crippen LogP contribution in [0.5, 0.6) is 0 Å². The van der Waals surface area contributed by atoms with Gasteiger partial charge in [0.2, 0.25) is 0 Å². The van der Waals surface area contributed by atoms with Crippen molar-refractivity contribution < 1.29 is 19.4 Å². The Morgan fingerprint density at radius 3 is 1.20 bits per heavy atom. The molecule has 0 aliphatic carbocycles. The highest BCUT2D eigenvalue weighted by Crippen LogP contribution is 2.16. The molecule has 0 bridgehead atoms. The van der Waals surface area contributed by atoms with Crippen LogP contribution < -0.4 is 0 Å². The van der Waals surface area contributed by atoms with Crippen molar-refractivity contribution >= 4 is 5.97 Å². The number of allylic oxidation sites excluding steroid dienone is 6. The number of ether oxygens (including phenoxy) is 2. The summed E-state index contributed by atoms with van der Waals surface area (Å²) >= 11 is 0. The van der Waals surface area contributed by atoms with Gasteiger partial charge in [-0.1, -0.05) is 230 Å². The second-order valence-electron chi connectivity index (χ2n) is 16.2. The first-order valence-electron chi connectivity index (χ1n) is 24.1. The van der Waals surface area contributed by atoms with E-state index in [9.17, 15) is 9.90 Å². The monoisotopic (exact) mass is 759 g/mol. The van der Waals surface area contributed by atoms with Crippen LogP contribution in [0.3, 0.4) is 0 Å². The van der Waals surface area contributed by atoms with E-state index in [4.69, 9.17) is 9.47 Å². The van der Waals surface area contributed by atoms with Crippen LogP contribution in [0.15, 0.2) is 36.5 Å². The zero-order chi connectivity index (χ0) is 39.1. The molecule has 0 amide bonds. The molecule has 0 fully saturated rings. The molecule has 0 heterocycles. The largest absolute Gasteiger partial charge is 0.457 e. The minimum Gasteiger partial charge on any atom is -0.457 e. The van der Waals surface area contributed by atoms with E-state index in [1.807, 2.05) is 0 Å². The van der Waals surface area contributed by atoms with E-state index >= 15 is 0 Å². The van der Waals surface area contributed by atoms with Crippen molar-refractivity contribution in [3.05, 3.63) is 36.5 Å². The molecule has 0 aliphatic heterocycles. The van der Waals surface area contributed by atoms with Crippen LogP contribution in [0.1, 0.15) is 251 Å². The van der Waals surface area contributed by atoms with Crippen LogP contribution in [-0.2, 0) is 14.3 Å². The Kier molecular flexibility index (Phi) is 46.5. The summed E-state index contributed by atoms with van der Waals surface area (Å²) in [6, 6.07) is 0. The molecule has 0 saturated carbocycles. The number of rotatable bonds is 45. The molecule has 0 aliphatic rings. The summed E-state index contributed by atoms with van der Waals surface area (Å²) in [4.78, 5) is 12.2. The molecular weight excluding hydrogens is 665 g/mol. The molecule has 1 atom stereocenters. The van der Waals surface area contributed by atoms with Gasteiger partial charge in [0.25, 0.3) is 0 Å². The van der Waals surface area contributed by atoms with Crippen LogP contribution in [0, 0.1) is 0 Å². The van der Waals surface area contributed by atoms with E-state index in [0.717, 1.165) is 32.1 Å². The molecule has 54 heavy (non-hydrogen) atoms. The van der Waals surface area contributed by atoms with E-state index < -0.39 is 6.10 Å². The lowest BCUT2D eigenvalue weighted by Gasteiger charge is -2.16. The van der Waals surface area contributed by atoms with Gasteiger partial charge in [-0.25, -0.2) is 0 Å². The summed E-state index contributed by atoms with van der Waals surface area (Å²) in [6.07, 6.45) is 60.8. The molecule has 0 spiro atoms. The third-order valence-electron chi connectivity index (χ3n) is 10.7. The van der Waals surface area contributed by atoms with E-state index in [0.29, 0.717) is 19.6 Å². The van der Waals surface area contributed by atoms with E-state index in [1.54, 1.807) is 0 Å². The van der Waals surface area contributed by atoms with E-state index in [-0.39, 0.29) is 12.6 Å². The highest BCUT2D eigenvalue weighted by Gasteiger charge is 2.13. The van der Waals surface area contributed by atoms with Gasteiger partial charge in [-0.05, 0) is 51.4 Å². The predicted octanol–water partition coefficient (Wildman–Crippen LogP) is 16.0. The minimum absolute atomic E-state index is 0.173. The first-order valence-corrected chi connectivity index (χ1v) is 24.1. The van der Waals surface area contributed by atoms with Gasteiger partial charge in [-0.2, -0.15) is 0 Å². The summed E-state index contributed by atoms with van der Waals surface area (Å²) in [7, 11) is 0. The van der Waals surface area contributed by atoms with E-state index in [1.165, 1.54) is 199 Å². The number of carbonyl (C=O) groups is 1. The SMILES string of the molecule is CCCCC/C=C\C/C=C\C/C=C\CCCCCCCCCOCC(CO)OC(=O)CCCCCCCCCCCCCCCCCCCCCCCC. The first-order chi connectivity index (χ1) is 26.7. The molecular formula is C50H94O4. The number of hydrogen-bond donors (Lipinski definition) is 1. The fourth-order valence-electron chi connectivity index (χ4n) is 7.10. The van der Waals surface area contributed by atoms with Crippen LogP contribution in [0.2, 0.25) is 0 Å². The van der Waals surface area contributed by atoms with Crippen molar-refractivity contribution in [1.82, 2.24) is 0 Å². The molecule has 0 rings (SSSR count). The second-order valence-corrected chi connectivity index (χ2v) is 16.2. The average molecular weight is 759 g/mol. The number of esters is 1. The Labute approximate surface area is 338 Å². The van der Waals surface area contributed by atoms with Crippen molar-refractivity contribution in [3.8, 4) is 0 Å². The molecule has 0 saturated heterocycles. The third-order valence-corrected chi connectivity index (χ3v) is 10.7. The quantitative estimate of drug-likeness (QED) is 0.0382. The van der Waals surface area contributed by atoms with Gasteiger partial charge >= 0.3 is 5.97 Å². The predicted molar refractivity (Wildman–Crippen MR) is 237 cm³/mol. The molecule has 4 nitrogen and oxygen atoms in total. The van der Waals surface area contributed by atoms with Gasteiger partial charge in [-0.15, -0.1) is 0 Å². The van der Waals surface area contributed by atoms with Crippen molar-refractivity contribution in [1.29, 1.82) is 0 Å². The Balaban J connectivity index is 3.40. The molecule has 1 N–H and O–H groups in total. The van der Waals surface area contributed by atoms with Crippen molar-refractivity contribution in [2.75, 3.05) is 19.8 Å². The summed E-state index contributed by atoms with van der Waals surface area (Å²) in [5, 5.41) is 9.63. The number of aliphatic hydroxyl groups is 1. The zero-order valence-corrected chi connectivity index (χ0v) is 36.5. The van der Waals surface area contributed by atoms with Crippen LogP contribution >= 0.6 is 0 Å². The number of hydrogen-bond acceptors (Lipinski definition) is 4. The third kappa shape index (κ3) is 45.0. The fraction of sp³-hybridized carbons (Fsp3) is 0.860. The summed E-state index contributed by atoms with van der Waals surface area (Å²) < 4.78 is 11.2. The second kappa shape index (κ2) is 47.8. The highest BCUT2D eigenvalue weighted by molar-refractivity contribution is 5.69. The van der Waals surface area contributed by atoms with Gasteiger partial charge in [0.05, 0.1) is 13.2 Å². The van der Waals surface area contributed by atoms with E-state index in [2.05, 4.69) is 50.3 Å². The molecule has 4 heteroatoms. The topological polar surface area (TPSA) is 55.8 Å². The lowest BCUT2D eigenvalue weighted by molar-refractivity contribution is -0.154. The first kappa shape index (κ1) is 52.6. The Hall–Kier alpha value is -1.39. The molecule has 0 aromatic carbocycles. The van der Waals surface area contributed by atoms with Gasteiger partial charge < -0.3 is 14.6 Å². The normalized spacial score (nSPS) is 12.6. The lowest BCUT2D eigenvalue weighted by Crippen LogP contribution is -2.27. The van der Waals surface area contributed by atoms with Crippen molar-refractivity contribution in [3.63, 3.8) is 0 Å². The summed E-state index contributed by atoms with van der Waals surface area (Å²) in [5.41, 5.74) is 0. The molecule has 318 valence electrons. The van der Waals surface area contributed by atoms with Gasteiger partial charge in [0.15, 0.2) is 0 Å². The maximum absolute atomic E-state index is 12.2. The number of aliphatic hydroxyl groups excluding tert-OH is 1. The standard InChI is InChI=1S/C50H94O4/c1-3-5-7-9-11-13-15-17-19-21-23-25-26-27-29-31-33-35-37-39-41-43-45-50(52)54-49(47-51)48-53-46-44-42-40-38-36-34-32-30-28-24-22-20-18-16-14-12-10-8-6-4-2/h12,14,18,20,24,28,49,51H,3-11,13,15-17,19,21-23,25-27,29-48H2,1-2H3/b14-12-,20-18-,28-24-. The van der Waals surface area contributed by atoms with Gasteiger partial charge in [0.1, 0.15) is 6.10 Å². The Morgan fingerprint density at radius 1 is 0.444 bits per heavy atom. The molecule has 0 radical (unpaired) electrons. The fourth-order valence-corrected chi connectivity index (χ4v) is 7.10. The maximum atomic E-state index is 12.2. The molecule has 1 unspecified atom stereocenters. The van der Waals surface area contributed by atoms with Crippen LogP contribution in [0.4, 0.5) is 0 Å². The van der Waals surface area contributed by atoms with Crippen molar-refractivity contribution in [2.45, 2.75) is 258 Å². The minimum atomic E-state index is -0.537. The smallest absolute Gasteiger partial charge is 0.306 e. The van der Waals surface area contributed by atoms with Crippen LogP contribution in [0.25, 0.3) is 0 Å². The Morgan fingerprint density at radius 2 is 0.778 bits per heavy atom. The average Bonchev–Trinajstić information content (AvgIpc) is 3.18. The molecule has 0 aromatic rings. The Bertz CT molecular complexity index is 802. The number of unbranched alkanes of at least 4 members (excludes halogenated alkanes) is 31. The lowest BCUT2D eigenvalue weighted by atomic mass is 10.0. The van der Waals surface area contributed by atoms with Crippen molar-refractivity contribution in [2.24, 2.45) is 0 Å². The number of carbonyl (C=O) groups excluding carboxylic acids is 1. The summed E-state index contributed by atoms with van der Waals surface area (Å²) in [5.74, 6) is -0.199. The molecule has 0 aromatic heterocycles. The van der Waals surface area contributed by atoms with Gasteiger partial charge in [-0.3, -0.25) is 4.79 Å². The zero-order valence-electron chi connectivity index (χ0n) is 36.5.